The number of rotatable bonds is 1. The first-order valence-corrected chi connectivity index (χ1v) is 5.54. The highest BCUT2D eigenvalue weighted by molar-refractivity contribution is 9.10. The SMILES string of the molecule is [2H]c1c([2H])c([2H])c(-c2nc(N)n3c(=O)[nH]nc3c2Br)c([2H])c1[2H]. The van der Waals surface area contributed by atoms with E-state index in [0.717, 1.165) is 4.40 Å². The molecule has 0 bridgehead atoms. The molecule has 3 aromatic rings. The lowest BCUT2D eigenvalue weighted by Crippen LogP contribution is -2.15. The van der Waals surface area contributed by atoms with E-state index in [4.69, 9.17) is 12.6 Å². The van der Waals surface area contributed by atoms with Crippen molar-refractivity contribution in [2.24, 2.45) is 0 Å². The Balaban J connectivity index is 2.48. The van der Waals surface area contributed by atoms with Gasteiger partial charge in [0.05, 0.1) is 17.0 Å². The third kappa shape index (κ3) is 1.52. The summed E-state index contributed by atoms with van der Waals surface area (Å²) in [6.07, 6.45) is 0. The largest absolute Gasteiger partial charge is 0.369 e. The molecule has 0 aliphatic heterocycles. The fraction of sp³-hybridized carbons (Fsp3) is 0. The molecule has 3 rings (SSSR count). The number of fused-ring (bicyclic) bond motifs is 1. The molecule has 90 valence electrons. The van der Waals surface area contributed by atoms with E-state index < -0.39 is 35.9 Å². The molecular weight excluding hydrogens is 298 g/mol. The number of H-pyrrole nitrogens is 1. The highest BCUT2D eigenvalue weighted by atomic mass is 79.9. The fourth-order valence-corrected chi connectivity index (χ4v) is 2.06. The van der Waals surface area contributed by atoms with Gasteiger partial charge in [-0.15, -0.1) is 0 Å². The number of aromatic nitrogens is 4. The van der Waals surface area contributed by atoms with Crippen LogP contribution in [-0.4, -0.2) is 19.6 Å². The maximum atomic E-state index is 11.6. The van der Waals surface area contributed by atoms with Crippen LogP contribution >= 0.6 is 15.9 Å². The van der Waals surface area contributed by atoms with Crippen LogP contribution in [0.5, 0.6) is 0 Å². The Hall–Kier alpha value is -2.15. The van der Waals surface area contributed by atoms with Crippen LogP contribution in [-0.2, 0) is 0 Å². The Morgan fingerprint density at radius 1 is 1.39 bits per heavy atom. The minimum Gasteiger partial charge on any atom is -0.369 e. The van der Waals surface area contributed by atoms with E-state index in [0.29, 0.717) is 0 Å². The first-order chi connectivity index (χ1) is 10.8. The standard InChI is InChI=1S/C11H8BrN5O/c12-7-8(6-4-2-1-3-5-6)14-10(13)17-9(7)15-16-11(17)18/h1-5H,(H2,13,14)(H,16,18)/i1D,2D,3D,4D,5D. The minimum atomic E-state index is -0.599. The lowest BCUT2D eigenvalue weighted by atomic mass is 10.1. The monoisotopic (exact) mass is 310 g/mol. The molecule has 0 spiro atoms. The third-order valence-corrected chi connectivity index (χ3v) is 3.00. The summed E-state index contributed by atoms with van der Waals surface area (Å²) < 4.78 is 40.2. The molecule has 0 amide bonds. The number of nitrogens with one attached hydrogen (secondary N) is 1. The quantitative estimate of drug-likeness (QED) is 0.711. The maximum Gasteiger partial charge on any atom is 0.350 e. The van der Waals surface area contributed by atoms with Crippen molar-refractivity contribution in [3.63, 3.8) is 0 Å². The van der Waals surface area contributed by atoms with Crippen molar-refractivity contribution in [1.82, 2.24) is 19.6 Å². The summed E-state index contributed by atoms with van der Waals surface area (Å²) in [4.78, 5) is 15.6. The van der Waals surface area contributed by atoms with Gasteiger partial charge in [-0.3, -0.25) is 0 Å². The van der Waals surface area contributed by atoms with Crippen LogP contribution in [0.2, 0.25) is 0 Å². The maximum absolute atomic E-state index is 11.6. The molecule has 2 heterocycles. The van der Waals surface area contributed by atoms with E-state index in [1.165, 1.54) is 0 Å². The zero-order valence-electron chi connectivity index (χ0n) is 13.7. The van der Waals surface area contributed by atoms with Crippen LogP contribution in [0, 0.1) is 0 Å². The summed E-state index contributed by atoms with van der Waals surface area (Å²) in [6.45, 7) is 0. The predicted octanol–water partition coefficient (Wildman–Crippen LogP) is 1.43. The van der Waals surface area contributed by atoms with Gasteiger partial charge in [-0.05, 0) is 15.9 Å². The Labute approximate surface area is 117 Å². The molecule has 0 fully saturated rings. The highest BCUT2D eigenvalue weighted by Gasteiger charge is 2.15. The molecule has 2 aromatic heterocycles. The summed E-state index contributed by atoms with van der Waals surface area (Å²) in [7, 11) is 0. The van der Waals surface area contributed by atoms with E-state index in [9.17, 15) is 4.79 Å². The Morgan fingerprint density at radius 3 is 2.83 bits per heavy atom. The summed E-state index contributed by atoms with van der Waals surface area (Å²) in [5, 5.41) is 6.00. The molecule has 0 aliphatic carbocycles. The van der Waals surface area contributed by atoms with E-state index >= 15 is 0 Å². The molecule has 3 N–H and O–H groups in total. The van der Waals surface area contributed by atoms with Crippen molar-refractivity contribution in [3.8, 4) is 11.3 Å². The van der Waals surface area contributed by atoms with Gasteiger partial charge in [-0.2, -0.15) is 5.10 Å². The zero-order chi connectivity index (χ0) is 17.0. The van der Waals surface area contributed by atoms with Crippen molar-refractivity contribution in [3.05, 3.63) is 45.2 Å². The molecule has 0 aliphatic rings. The lowest BCUT2D eigenvalue weighted by molar-refractivity contribution is 1.01. The molecule has 0 atom stereocenters. The molecule has 0 saturated heterocycles. The molecule has 7 heteroatoms. The van der Waals surface area contributed by atoms with Crippen LogP contribution < -0.4 is 11.4 Å². The highest BCUT2D eigenvalue weighted by Crippen LogP contribution is 2.29. The molecule has 6 nitrogen and oxygen atoms in total. The fourth-order valence-electron chi connectivity index (χ4n) is 1.51. The number of aromatic amines is 1. The average Bonchev–Trinajstić information content (AvgIpc) is 2.91. The lowest BCUT2D eigenvalue weighted by Gasteiger charge is -2.06. The minimum absolute atomic E-state index is 0.00556. The smallest absolute Gasteiger partial charge is 0.350 e. The number of nitrogens with two attached hydrogens (primary N) is 1. The van der Waals surface area contributed by atoms with E-state index in [1.54, 1.807) is 0 Å². The summed E-state index contributed by atoms with van der Waals surface area (Å²) in [5.41, 5.74) is 5.11. The molecular formula is C11H8BrN5O. The number of halogens is 1. The second-order valence-corrected chi connectivity index (χ2v) is 4.11. The summed E-state index contributed by atoms with van der Waals surface area (Å²) in [5.74, 6) is -0.219. The first-order valence-electron chi connectivity index (χ1n) is 7.25. The van der Waals surface area contributed by atoms with Crippen molar-refractivity contribution in [1.29, 1.82) is 0 Å². The van der Waals surface area contributed by atoms with E-state index in [1.807, 2.05) is 0 Å². The second-order valence-electron chi connectivity index (χ2n) is 3.32. The average molecular weight is 311 g/mol. The first kappa shape index (κ1) is 6.69. The van der Waals surface area contributed by atoms with Gasteiger partial charge in [0.25, 0.3) is 0 Å². The van der Waals surface area contributed by atoms with E-state index in [-0.39, 0.29) is 27.3 Å². The van der Waals surface area contributed by atoms with Gasteiger partial charge in [0.1, 0.15) is 0 Å². The van der Waals surface area contributed by atoms with Gasteiger partial charge < -0.3 is 5.73 Å². The van der Waals surface area contributed by atoms with Crippen molar-refractivity contribution >= 4 is 27.5 Å². The Morgan fingerprint density at radius 2 is 2.11 bits per heavy atom. The normalized spacial score (nSPS) is 14.8. The molecule has 0 saturated carbocycles. The third-order valence-electron chi connectivity index (χ3n) is 2.27. The molecule has 1 aromatic carbocycles. The van der Waals surface area contributed by atoms with Crippen molar-refractivity contribution in [2.75, 3.05) is 5.73 Å². The van der Waals surface area contributed by atoms with Gasteiger partial charge in [0.15, 0.2) is 5.65 Å². The van der Waals surface area contributed by atoms with Gasteiger partial charge in [0.2, 0.25) is 5.95 Å². The number of nitrogen functional groups attached to an aromatic ring is 1. The number of nitrogens with zero attached hydrogens (tertiary/aromatic N) is 3. The van der Waals surface area contributed by atoms with Crippen LogP contribution in [0.3, 0.4) is 0 Å². The van der Waals surface area contributed by atoms with Crippen LogP contribution in [0.4, 0.5) is 5.95 Å². The van der Waals surface area contributed by atoms with Crippen LogP contribution in [0.25, 0.3) is 16.9 Å². The summed E-state index contributed by atoms with van der Waals surface area (Å²) >= 11 is 3.21. The topological polar surface area (TPSA) is 89.1 Å². The number of benzene rings is 1. The van der Waals surface area contributed by atoms with Crippen LogP contribution in [0.1, 0.15) is 6.85 Å². The predicted molar refractivity (Wildman–Crippen MR) is 71.2 cm³/mol. The second kappa shape index (κ2) is 3.95. The van der Waals surface area contributed by atoms with Gasteiger partial charge in [-0.1, -0.05) is 30.2 Å². The molecule has 0 radical (unpaired) electrons. The number of anilines is 1. The molecule has 18 heavy (non-hydrogen) atoms. The Bertz CT molecular complexity index is 1000. The molecule has 0 unspecified atom stereocenters. The number of hydrogen-bond donors (Lipinski definition) is 2. The number of hydrogen-bond acceptors (Lipinski definition) is 4. The van der Waals surface area contributed by atoms with Crippen LogP contribution in [0.15, 0.2) is 39.5 Å². The van der Waals surface area contributed by atoms with Gasteiger partial charge in [-0.25, -0.2) is 19.3 Å². The van der Waals surface area contributed by atoms with Gasteiger partial charge in [0, 0.05) is 5.56 Å². The van der Waals surface area contributed by atoms with E-state index in [2.05, 4.69) is 31.1 Å². The zero-order valence-corrected chi connectivity index (χ0v) is 10.3. The van der Waals surface area contributed by atoms with Crippen molar-refractivity contribution in [2.45, 2.75) is 0 Å². The van der Waals surface area contributed by atoms with Crippen molar-refractivity contribution < 1.29 is 6.85 Å². The summed E-state index contributed by atoms with van der Waals surface area (Å²) in [6, 6.07) is -2.35. The Kier molecular flexibility index (Phi) is 1.47. The van der Waals surface area contributed by atoms with Gasteiger partial charge >= 0.3 is 5.69 Å².